The van der Waals surface area contributed by atoms with Gasteiger partial charge in [0.15, 0.2) is 0 Å². The van der Waals surface area contributed by atoms with Crippen LogP contribution in [0.3, 0.4) is 0 Å². The molecule has 0 aliphatic rings. The van der Waals surface area contributed by atoms with Crippen molar-refractivity contribution in [3.05, 3.63) is 24.6 Å². The Morgan fingerprint density at radius 1 is 1.60 bits per heavy atom. The van der Waals surface area contributed by atoms with Gasteiger partial charge in [0.2, 0.25) is 0 Å². The van der Waals surface area contributed by atoms with Crippen LogP contribution < -0.4 is 11.1 Å². The molecule has 0 aromatic heterocycles. The maximum absolute atomic E-state index is 11.2. The Hall–Kier alpha value is -1.78. The van der Waals surface area contributed by atoms with Crippen LogP contribution in [0.15, 0.2) is 29.5 Å². The number of hydrogen-bond donors (Lipinski definition) is 2. The smallest absolute Gasteiger partial charge is 0.341 e. The van der Waals surface area contributed by atoms with Crippen molar-refractivity contribution in [3.63, 3.8) is 0 Å². The molecule has 5 nitrogen and oxygen atoms in total. The van der Waals surface area contributed by atoms with Crippen molar-refractivity contribution < 1.29 is 9.53 Å². The van der Waals surface area contributed by atoms with Crippen molar-refractivity contribution in [3.8, 4) is 0 Å². The molecule has 0 unspecified atom stereocenters. The highest BCUT2D eigenvalue weighted by Gasteiger charge is 2.13. The molecule has 0 heterocycles. The third kappa shape index (κ3) is 4.85. The van der Waals surface area contributed by atoms with Gasteiger partial charge in [0, 0.05) is 18.4 Å². The summed E-state index contributed by atoms with van der Waals surface area (Å²) < 4.78 is 4.54. The van der Waals surface area contributed by atoms with Crippen LogP contribution in [0.2, 0.25) is 0 Å². The molecule has 15 heavy (non-hydrogen) atoms. The number of amidine groups is 1. The third-order valence-electron chi connectivity index (χ3n) is 1.42. The van der Waals surface area contributed by atoms with Crippen LogP contribution >= 0.6 is 0 Å². The van der Waals surface area contributed by atoms with Crippen LogP contribution in [0.4, 0.5) is 0 Å². The van der Waals surface area contributed by atoms with Crippen molar-refractivity contribution in [2.45, 2.75) is 19.9 Å². The number of carbonyl (C=O) groups excluding carboxylic acids is 1. The number of rotatable bonds is 4. The lowest BCUT2D eigenvalue weighted by atomic mass is 10.2. The molecule has 0 saturated carbocycles. The van der Waals surface area contributed by atoms with Crippen molar-refractivity contribution in [2.24, 2.45) is 10.7 Å². The standard InChI is InChI=1S/C10H17N3O2/c1-7(2)13-9(12-6-5-11)8(3)10(14)15-4/h5-7H,3,11H2,1-2,4H3,(H,12,13)/b6-5-. The Bertz CT molecular complexity index is 293. The number of carbonyl (C=O) groups is 1. The first-order chi connectivity index (χ1) is 7.02. The molecule has 0 aliphatic heterocycles. The van der Waals surface area contributed by atoms with E-state index in [0.717, 1.165) is 0 Å². The molecule has 0 bridgehead atoms. The molecule has 0 atom stereocenters. The second-order valence-electron chi connectivity index (χ2n) is 3.05. The van der Waals surface area contributed by atoms with Gasteiger partial charge in [-0.15, -0.1) is 0 Å². The number of nitrogens with one attached hydrogen (secondary N) is 1. The Morgan fingerprint density at radius 2 is 2.20 bits per heavy atom. The molecule has 0 aromatic rings. The Balaban J connectivity index is 4.78. The van der Waals surface area contributed by atoms with Gasteiger partial charge in [0.1, 0.15) is 5.84 Å². The van der Waals surface area contributed by atoms with Gasteiger partial charge in [-0.1, -0.05) is 6.58 Å². The first-order valence-electron chi connectivity index (χ1n) is 4.51. The average Bonchev–Trinajstić information content (AvgIpc) is 2.21. The minimum Gasteiger partial charge on any atom is -0.465 e. The zero-order valence-electron chi connectivity index (χ0n) is 9.28. The second kappa shape index (κ2) is 6.64. The van der Waals surface area contributed by atoms with Crippen LogP contribution in [0, 0.1) is 0 Å². The van der Waals surface area contributed by atoms with Crippen molar-refractivity contribution >= 4 is 11.8 Å². The van der Waals surface area contributed by atoms with Gasteiger partial charge in [-0.3, -0.25) is 4.99 Å². The monoisotopic (exact) mass is 211 g/mol. The summed E-state index contributed by atoms with van der Waals surface area (Å²) in [6, 6.07) is 0.0417. The van der Waals surface area contributed by atoms with E-state index < -0.39 is 5.97 Å². The number of methoxy groups -OCH3 is 1. The first kappa shape index (κ1) is 13.2. The quantitative estimate of drug-likeness (QED) is 0.308. The summed E-state index contributed by atoms with van der Waals surface area (Å²) in [5.41, 5.74) is 5.34. The van der Waals surface area contributed by atoms with E-state index in [1.165, 1.54) is 19.5 Å². The van der Waals surface area contributed by atoms with Gasteiger partial charge >= 0.3 is 5.97 Å². The summed E-state index contributed by atoms with van der Waals surface area (Å²) >= 11 is 0. The topological polar surface area (TPSA) is 76.7 Å². The number of nitrogens with two attached hydrogens (primary N) is 1. The predicted octanol–water partition coefficient (Wildman–Crippen LogP) is 0.542. The van der Waals surface area contributed by atoms with E-state index in [4.69, 9.17) is 5.73 Å². The summed E-state index contributed by atoms with van der Waals surface area (Å²) in [5.74, 6) is -0.161. The summed E-state index contributed by atoms with van der Waals surface area (Å²) in [6.07, 6.45) is 2.77. The number of hydrogen-bond acceptors (Lipinski definition) is 4. The molecule has 0 spiro atoms. The molecular weight excluding hydrogens is 194 g/mol. The Labute approximate surface area is 89.7 Å². The zero-order chi connectivity index (χ0) is 11.8. The van der Waals surface area contributed by atoms with E-state index in [0.29, 0.717) is 5.84 Å². The van der Waals surface area contributed by atoms with Crippen LogP contribution in [0.25, 0.3) is 0 Å². The molecule has 0 rings (SSSR count). The van der Waals surface area contributed by atoms with Crippen molar-refractivity contribution in [1.82, 2.24) is 5.32 Å². The van der Waals surface area contributed by atoms with Gasteiger partial charge in [0.25, 0.3) is 0 Å². The SMILES string of the molecule is C=C(C(=O)OC)C(=NC(C)C)N/C=C\N. The number of ether oxygens (including phenoxy) is 1. The molecule has 0 aliphatic carbocycles. The normalized spacial score (nSPS) is 11.9. The molecule has 0 amide bonds. The highest BCUT2D eigenvalue weighted by molar-refractivity contribution is 6.18. The number of aliphatic imine (C=N–C) groups is 1. The second-order valence-corrected chi connectivity index (χ2v) is 3.05. The fourth-order valence-electron chi connectivity index (χ4n) is 0.807. The molecule has 3 N–H and O–H groups in total. The summed E-state index contributed by atoms with van der Waals surface area (Å²) in [7, 11) is 1.29. The van der Waals surface area contributed by atoms with Crippen LogP contribution in [-0.2, 0) is 9.53 Å². The number of nitrogens with zero attached hydrogens (tertiary/aromatic N) is 1. The molecule has 0 fully saturated rings. The van der Waals surface area contributed by atoms with Gasteiger partial charge < -0.3 is 15.8 Å². The molecule has 0 saturated heterocycles. The first-order valence-corrected chi connectivity index (χ1v) is 4.51. The van der Waals surface area contributed by atoms with Gasteiger partial charge in [-0.2, -0.15) is 0 Å². The lowest BCUT2D eigenvalue weighted by Gasteiger charge is -2.09. The maximum Gasteiger partial charge on any atom is 0.341 e. The number of esters is 1. The average molecular weight is 211 g/mol. The summed E-state index contributed by atoms with van der Waals surface area (Å²) in [5, 5.41) is 2.76. The maximum atomic E-state index is 11.2. The summed E-state index contributed by atoms with van der Waals surface area (Å²) in [6.45, 7) is 7.36. The van der Waals surface area contributed by atoms with E-state index >= 15 is 0 Å². The largest absolute Gasteiger partial charge is 0.465 e. The van der Waals surface area contributed by atoms with E-state index in [1.807, 2.05) is 13.8 Å². The highest BCUT2D eigenvalue weighted by Crippen LogP contribution is 1.99. The minimum absolute atomic E-state index is 0.0417. The molecule has 0 aromatic carbocycles. The summed E-state index contributed by atoms with van der Waals surface area (Å²) in [4.78, 5) is 15.4. The van der Waals surface area contributed by atoms with Gasteiger partial charge in [0.05, 0.1) is 12.7 Å². The van der Waals surface area contributed by atoms with Gasteiger partial charge in [-0.25, -0.2) is 4.79 Å². The van der Waals surface area contributed by atoms with E-state index in [2.05, 4.69) is 21.6 Å². The van der Waals surface area contributed by atoms with E-state index in [9.17, 15) is 4.79 Å². The van der Waals surface area contributed by atoms with Crippen molar-refractivity contribution in [2.75, 3.05) is 7.11 Å². The third-order valence-corrected chi connectivity index (χ3v) is 1.42. The van der Waals surface area contributed by atoms with Gasteiger partial charge in [-0.05, 0) is 13.8 Å². The van der Waals surface area contributed by atoms with E-state index in [1.54, 1.807) is 0 Å². The van der Waals surface area contributed by atoms with Crippen molar-refractivity contribution in [1.29, 1.82) is 0 Å². The molecule has 84 valence electrons. The zero-order valence-corrected chi connectivity index (χ0v) is 9.28. The molecular formula is C10H17N3O2. The van der Waals surface area contributed by atoms with Crippen LogP contribution in [0.1, 0.15) is 13.8 Å². The predicted molar refractivity (Wildman–Crippen MR) is 60.2 cm³/mol. The fraction of sp³-hybridized carbons (Fsp3) is 0.400. The highest BCUT2D eigenvalue weighted by atomic mass is 16.5. The fourth-order valence-corrected chi connectivity index (χ4v) is 0.807. The lowest BCUT2D eigenvalue weighted by molar-refractivity contribution is -0.135. The van der Waals surface area contributed by atoms with Crippen LogP contribution in [0.5, 0.6) is 0 Å². The Kier molecular flexibility index (Phi) is 5.85. The Morgan fingerprint density at radius 3 is 2.60 bits per heavy atom. The van der Waals surface area contributed by atoms with Crippen LogP contribution in [-0.4, -0.2) is 25.0 Å². The van der Waals surface area contributed by atoms with E-state index in [-0.39, 0.29) is 11.6 Å². The molecule has 5 heteroatoms. The molecule has 0 radical (unpaired) electrons. The minimum atomic E-state index is -0.521. The lowest BCUT2D eigenvalue weighted by Crippen LogP contribution is -2.26.